The quantitative estimate of drug-likeness (QED) is 0.287. The molecule has 0 aliphatic rings. The summed E-state index contributed by atoms with van der Waals surface area (Å²) in [6.45, 7) is 6.62. The van der Waals surface area contributed by atoms with Gasteiger partial charge in [0, 0.05) is 21.5 Å². The Balaban J connectivity index is 1.77. The third-order valence-corrected chi connectivity index (χ3v) is 6.19. The van der Waals surface area contributed by atoms with Crippen molar-refractivity contribution in [3.05, 3.63) is 89.5 Å². The van der Waals surface area contributed by atoms with E-state index < -0.39 is 0 Å². The molecule has 0 bridgehead atoms. The number of nitrogens with zero attached hydrogens (tertiary/aromatic N) is 1. The van der Waals surface area contributed by atoms with Gasteiger partial charge in [0.05, 0.1) is 16.6 Å². The van der Waals surface area contributed by atoms with Crippen molar-refractivity contribution in [2.24, 2.45) is 0 Å². The van der Waals surface area contributed by atoms with E-state index in [-0.39, 0.29) is 0 Å². The topological polar surface area (TPSA) is 4.41 Å². The minimum atomic E-state index is 1.29. The lowest BCUT2D eigenvalue weighted by atomic mass is 9.93. The molecule has 2 heterocycles. The fourth-order valence-corrected chi connectivity index (χ4v) is 5.22. The molecule has 4 aromatic carbocycles. The van der Waals surface area contributed by atoms with Gasteiger partial charge in [0.2, 0.25) is 0 Å². The average molecular weight is 359 g/mol. The molecule has 0 aliphatic carbocycles. The largest absolute Gasteiger partial charge is 0.308 e. The Morgan fingerprint density at radius 2 is 1.21 bits per heavy atom. The molecule has 0 aliphatic heterocycles. The van der Waals surface area contributed by atoms with E-state index in [1.54, 1.807) is 0 Å². The van der Waals surface area contributed by atoms with Gasteiger partial charge < -0.3 is 4.40 Å². The third-order valence-electron chi connectivity index (χ3n) is 6.19. The first kappa shape index (κ1) is 15.7. The summed E-state index contributed by atoms with van der Waals surface area (Å²) in [5.41, 5.74) is 10.6. The lowest BCUT2D eigenvalue weighted by molar-refractivity contribution is 1.32. The molecule has 1 heteroatoms. The van der Waals surface area contributed by atoms with Gasteiger partial charge in [0.25, 0.3) is 0 Å². The average Bonchev–Trinajstić information content (AvgIpc) is 3.19. The maximum absolute atomic E-state index is 2.44. The Morgan fingerprint density at radius 3 is 2.00 bits per heavy atom. The van der Waals surface area contributed by atoms with E-state index in [0.717, 1.165) is 0 Å². The van der Waals surface area contributed by atoms with Crippen LogP contribution in [0, 0.1) is 20.8 Å². The second-order valence-electron chi connectivity index (χ2n) is 8.06. The van der Waals surface area contributed by atoms with Crippen LogP contribution in [-0.4, -0.2) is 4.40 Å². The van der Waals surface area contributed by atoms with Gasteiger partial charge in [-0.2, -0.15) is 0 Å². The smallest absolute Gasteiger partial charge is 0.0620 e. The van der Waals surface area contributed by atoms with Gasteiger partial charge in [-0.05, 0) is 61.2 Å². The van der Waals surface area contributed by atoms with E-state index in [2.05, 4.69) is 98.0 Å². The molecule has 0 amide bonds. The van der Waals surface area contributed by atoms with Gasteiger partial charge in [-0.25, -0.2) is 0 Å². The highest BCUT2D eigenvalue weighted by molar-refractivity contribution is 6.23. The number of rotatable bonds is 1. The van der Waals surface area contributed by atoms with E-state index in [0.29, 0.717) is 0 Å². The van der Waals surface area contributed by atoms with Crippen molar-refractivity contribution >= 4 is 38.1 Å². The molecule has 0 unspecified atom stereocenters. The Bertz CT molecular complexity index is 1510. The summed E-state index contributed by atoms with van der Waals surface area (Å²) in [5.74, 6) is 0. The predicted molar refractivity (Wildman–Crippen MR) is 121 cm³/mol. The summed E-state index contributed by atoms with van der Waals surface area (Å²) >= 11 is 0. The zero-order chi connectivity index (χ0) is 19.0. The van der Waals surface area contributed by atoms with Crippen LogP contribution in [-0.2, 0) is 0 Å². The molecule has 6 aromatic rings. The minimum Gasteiger partial charge on any atom is -0.308 e. The fourth-order valence-electron chi connectivity index (χ4n) is 5.22. The lowest BCUT2D eigenvalue weighted by Gasteiger charge is -2.12. The van der Waals surface area contributed by atoms with Gasteiger partial charge in [-0.3, -0.25) is 0 Å². The summed E-state index contributed by atoms with van der Waals surface area (Å²) in [6, 6.07) is 27.0. The summed E-state index contributed by atoms with van der Waals surface area (Å²) < 4.78 is 2.44. The van der Waals surface area contributed by atoms with Gasteiger partial charge in [0.1, 0.15) is 0 Å². The highest BCUT2D eigenvalue weighted by atomic mass is 14.9. The highest BCUT2D eigenvalue weighted by Gasteiger charge is 2.17. The maximum atomic E-state index is 2.44. The van der Waals surface area contributed by atoms with Crippen LogP contribution in [0.5, 0.6) is 0 Å². The summed E-state index contributed by atoms with van der Waals surface area (Å²) in [5, 5.41) is 5.35. The van der Waals surface area contributed by atoms with Crippen LogP contribution in [0.25, 0.3) is 49.2 Å². The molecular formula is C27H21N. The van der Waals surface area contributed by atoms with E-state index in [9.17, 15) is 0 Å². The normalized spacial score (nSPS) is 12.1. The lowest BCUT2D eigenvalue weighted by Crippen LogP contribution is -1.90. The SMILES string of the molecule is Cc1cc(C)c(-c2ccc3c(c2)c2cccc4c5ccccc5n3c42)c(C)c1. The molecule has 0 fully saturated rings. The first-order valence-electron chi connectivity index (χ1n) is 9.88. The molecule has 2 aromatic heterocycles. The Kier molecular flexibility index (Phi) is 3.01. The van der Waals surface area contributed by atoms with E-state index in [4.69, 9.17) is 0 Å². The molecule has 0 spiro atoms. The number of aromatic nitrogens is 1. The van der Waals surface area contributed by atoms with Crippen molar-refractivity contribution < 1.29 is 0 Å². The van der Waals surface area contributed by atoms with E-state index >= 15 is 0 Å². The van der Waals surface area contributed by atoms with Crippen molar-refractivity contribution in [2.45, 2.75) is 20.8 Å². The van der Waals surface area contributed by atoms with Crippen LogP contribution in [0.1, 0.15) is 16.7 Å². The summed E-state index contributed by atoms with van der Waals surface area (Å²) in [7, 11) is 0. The van der Waals surface area contributed by atoms with Crippen LogP contribution in [0.15, 0.2) is 72.8 Å². The van der Waals surface area contributed by atoms with Crippen LogP contribution in [0.3, 0.4) is 0 Å². The number of fused-ring (bicyclic) bond motifs is 6. The van der Waals surface area contributed by atoms with Crippen LogP contribution >= 0.6 is 0 Å². The van der Waals surface area contributed by atoms with Gasteiger partial charge >= 0.3 is 0 Å². The molecule has 6 rings (SSSR count). The molecule has 0 radical (unpaired) electrons. The number of hydrogen-bond donors (Lipinski definition) is 0. The third kappa shape index (κ3) is 1.91. The summed E-state index contributed by atoms with van der Waals surface area (Å²) in [4.78, 5) is 0. The zero-order valence-electron chi connectivity index (χ0n) is 16.4. The minimum absolute atomic E-state index is 1.29. The molecule has 0 atom stereocenters. The monoisotopic (exact) mass is 359 g/mol. The summed E-state index contributed by atoms with van der Waals surface area (Å²) in [6.07, 6.45) is 0. The number of aryl methyl sites for hydroxylation is 3. The number of benzene rings is 4. The van der Waals surface area contributed by atoms with Crippen molar-refractivity contribution in [1.82, 2.24) is 4.40 Å². The van der Waals surface area contributed by atoms with Crippen molar-refractivity contribution in [1.29, 1.82) is 0 Å². The van der Waals surface area contributed by atoms with Crippen LogP contribution in [0.4, 0.5) is 0 Å². The van der Waals surface area contributed by atoms with Crippen molar-refractivity contribution in [2.75, 3.05) is 0 Å². The Labute approximate surface area is 164 Å². The first-order valence-corrected chi connectivity index (χ1v) is 9.88. The number of hydrogen-bond acceptors (Lipinski definition) is 0. The molecule has 0 saturated heterocycles. The fraction of sp³-hybridized carbons (Fsp3) is 0.111. The van der Waals surface area contributed by atoms with Crippen LogP contribution in [0.2, 0.25) is 0 Å². The van der Waals surface area contributed by atoms with Gasteiger partial charge in [0.15, 0.2) is 0 Å². The van der Waals surface area contributed by atoms with E-state index in [1.807, 2.05) is 0 Å². The molecular weight excluding hydrogens is 338 g/mol. The van der Waals surface area contributed by atoms with E-state index in [1.165, 1.54) is 65.9 Å². The van der Waals surface area contributed by atoms with Gasteiger partial charge in [-0.1, -0.05) is 60.2 Å². The molecule has 0 saturated carbocycles. The second-order valence-corrected chi connectivity index (χ2v) is 8.06. The Morgan fingerprint density at radius 1 is 0.571 bits per heavy atom. The van der Waals surface area contributed by atoms with Gasteiger partial charge in [-0.15, -0.1) is 0 Å². The standard InChI is InChI=1S/C27H21N/c1-16-13-17(2)26(18(3)14-16)19-11-12-25-23(15-19)22-9-6-8-21-20-7-4-5-10-24(20)28(25)27(21)22/h4-15H,1-3H3. The molecule has 0 N–H and O–H groups in total. The van der Waals surface area contributed by atoms with Crippen LogP contribution < -0.4 is 0 Å². The van der Waals surface area contributed by atoms with Crippen molar-refractivity contribution in [3.63, 3.8) is 0 Å². The van der Waals surface area contributed by atoms with Crippen molar-refractivity contribution in [3.8, 4) is 11.1 Å². The first-order chi connectivity index (χ1) is 13.6. The maximum Gasteiger partial charge on any atom is 0.0620 e. The molecule has 28 heavy (non-hydrogen) atoms. The predicted octanol–water partition coefficient (Wildman–Crippen LogP) is 7.43. The second kappa shape index (κ2) is 5.36. The zero-order valence-corrected chi connectivity index (χ0v) is 16.4. The Hall–Kier alpha value is -3.32. The number of para-hydroxylation sites is 2. The molecule has 134 valence electrons. The molecule has 1 nitrogen and oxygen atoms in total. The highest BCUT2D eigenvalue weighted by Crippen LogP contribution is 2.40.